The second-order valence-electron chi connectivity index (χ2n) is 4.67. The Hall–Kier alpha value is -1.30. The van der Waals surface area contributed by atoms with Crippen LogP contribution in [0.2, 0.25) is 5.02 Å². The van der Waals surface area contributed by atoms with Crippen molar-refractivity contribution in [2.24, 2.45) is 0 Å². The van der Waals surface area contributed by atoms with E-state index in [9.17, 15) is 4.79 Å². The zero-order valence-electron chi connectivity index (χ0n) is 11.4. The first-order valence-corrected chi connectivity index (χ1v) is 7.05. The summed E-state index contributed by atoms with van der Waals surface area (Å²) in [6.45, 7) is 1.51. The van der Waals surface area contributed by atoms with Gasteiger partial charge in [-0.25, -0.2) is 0 Å². The summed E-state index contributed by atoms with van der Waals surface area (Å²) < 4.78 is 11.2. The highest BCUT2D eigenvalue weighted by Gasteiger charge is 2.17. The molecule has 1 aliphatic heterocycles. The van der Waals surface area contributed by atoms with Gasteiger partial charge in [0.2, 0.25) is 5.91 Å². The van der Waals surface area contributed by atoms with E-state index in [-0.39, 0.29) is 18.6 Å². The van der Waals surface area contributed by atoms with Gasteiger partial charge in [-0.05, 0) is 38.1 Å². The second-order valence-corrected chi connectivity index (χ2v) is 5.10. The molecule has 0 radical (unpaired) electrons. The third-order valence-electron chi connectivity index (χ3n) is 3.00. The van der Waals surface area contributed by atoms with Crippen molar-refractivity contribution in [3.05, 3.63) is 23.2 Å². The van der Waals surface area contributed by atoms with Crippen LogP contribution in [0.3, 0.4) is 0 Å². The molecule has 6 heteroatoms. The quantitative estimate of drug-likeness (QED) is 0.844. The molecule has 1 aromatic carbocycles. The molecular weight excluding hydrogens is 280 g/mol. The molecule has 1 aromatic rings. The molecule has 20 heavy (non-hydrogen) atoms. The lowest BCUT2D eigenvalue weighted by Gasteiger charge is -2.15. The zero-order valence-corrected chi connectivity index (χ0v) is 12.2. The highest BCUT2D eigenvalue weighted by molar-refractivity contribution is 6.31. The number of hydrogen-bond acceptors (Lipinski definition) is 4. The zero-order chi connectivity index (χ0) is 14.4. The van der Waals surface area contributed by atoms with Crippen LogP contribution in [-0.4, -0.2) is 38.8 Å². The topological polar surface area (TPSA) is 59.6 Å². The highest BCUT2D eigenvalue weighted by Crippen LogP contribution is 2.28. The Morgan fingerprint density at radius 3 is 3.10 bits per heavy atom. The van der Waals surface area contributed by atoms with E-state index in [4.69, 9.17) is 21.1 Å². The summed E-state index contributed by atoms with van der Waals surface area (Å²) in [5, 5.41) is 6.12. The second kappa shape index (κ2) is 7.47. The van der Waals surface area contributed by atoms with Crippen LogP contribution in [0.4, 0.5) is 5.69 Å². The van der Waals surface area contributed by atoms with Gasteiger partial charge in [0.1, 0.15) is 12.4 Å². The molecule has 5 nitrogen and oxygen atoms in total. The molecule has 0 aliphatic carbocycles. The van der Waals surface area contributed by atoms with E-state index in [1.54, 1.807) is 25.2 Å². The Balaban J connectivity index is 2.00. The van der Waals surface area contributed by atoms with Crippen molar-refractivity contribution >= 4 is 23.2 Å². The molecule has 1 heterocycles. The lowest BCUT2D eigenvalue weighted by molar-refractivity contribution is -0.115. The van der Waals surface area contributed by atoms with Gasteiger partial charge in [0.05, 0.1) is 18.3 Å². The van der Waals surface area contributed by atoms with Crippen molar-refractivity contribution in [1.82, 2.24) is 5.32 Å². The van der Waals surface area contributed by atoms with Gasteiger partial charge in [-0.2, -0.15) is 0 Å². The number of carbonyl (C=O) groups is 1. The fourth-order valence-corrected chi connectivity index (χ4v) is 2.21. The van der Waals surface area contributed by atoms with Crippen molar-refractivity contribution in [3.8, 4) is 5.75 Å². The van der Waals surface area contributed by atoms with Crippen LogP contribution in [0.5, 0.6) is 5.75 Å². The van der Waals surface area contributed by atoms with E-state index in [1.807, 2.05) is 0 Å². The van der Waals surface area contributed by atoms with Crippen molar-refractivity contribution in [1.29, 1.82) is 0 Å². The van der Waals surface area contributed by atoms with Crippen LogP contribution in [0.1, 0.15) is 12.8 Å². The Morgan fingerprint density at radius 1 is 1.55 bits per heavy atom. The van der Waals surface area contributed by atoms with Crippen molar-refractivity contribution in [2.45, 2.75) is 18.9 Å². The van der Waals surface area contributed by atoms with Crippen LogP contribution in [0.25, 0.3) is 0 Å². The minimum Gasteiger partial charge on any atom is -0.489 e. The summed E-state index contributed by atoms with van der Waals surface area (Å²) in [5.41, 5.74) is 0.579. The molecule has 1 saturated heterocycles. The summed E-state index contributed by atoms with van der Waals surface area (Å²) >= 11 is 5.96. The molecule has 2 N–H and O–H groups in total. The SMILES string of the molecule is CNCC(=O)Nc1cc(Cl)ccc1OCC1CCCO1. The molecule has 0 aromatic heterocycles. The van der Waals surface area contributed by atoms with E-state index in [1.165, 1.54) is 0 Å². The maximum atomic E-state index is 11.6. The summed E-state index contributed by atoms with van der Waals surface area (Å²) in [7, 11) is 1.71. The number of carbonyl (C=O) groups excluding carboxylic acids is 1. The molecule has 110 valence electrons. The minimum atomic E-state index is -0.142. The molecule has 0 bridgehead atoms. The summed E-state index contributed by atoms with van der Waals surface area (Å²) in [4.78, 5) is 11.6. The molecule has 0 saturated carbocycles. The summed E-state index contributed by atoms with van der Waals surface area (Å²) in [6, 6.07) is 5.17. The molecule has 1 unspecified atom stereocenters. The number of hydrogen-bond donors (Lipinski definition) is 2. The number of rotatable bonds is 6. The van der Waals surface area contributed by atoms with E-state index in [0.717, 1.165) is 19.4 Å². The fourth-order valence-electron chi connectivity index (χ4n) is 2.04. The number of benzene rings is 1. The van der Waals surface area contributed by atoms with Gasteiger partial charge in [-0.3, -0.25) is 4.79 Å². The average molecular weight is 299 g/mol. The number of amides is 1. The Kier molecular flexibility index (Phi) is 5.64. The number of nitrogens with one attached hydrogen (secondary N) is 2. The predicted octanol–water partition coefficient (Wildman–Crippen LogP) is 2.06. The Bertz CT molecular complexity index is 462. The Labute approximate surface area is 123 Å². The van der Waals surface area contributed by atoms with Gasteiger partial charge in [0.15, 0.2) is 0 Å². The first-order valence-electron chi connectivity index (χ1n) is 6.67. The molecule has 1 aliphatic rings. The third-order valence-corrected chi connectivity index (χ3v) is 3.24. The first-order chi connectivity index (χ1) is 9.69. The van der Waals surface area contributed by atoms with E-state index < -0.39 is 0 Å². The molecule has 1 atom stereocenters. The van der Waals surface area contributed by atoms with Crippen LogP contribution in [0.15, 0.2) is 18.2 Å². The number of halogens is 1. The standard InChI is InChI=1S/C14H19ClN2O3/c1-16-8-14(18)17-12-7-10(15)4-5-13(12)20-9-11-3-2-6-19-11/h4-5,7,11,16H,2-3,6,8-9H2,1H3,(H,17,18). The average Bonchev–Trinajstić information content (AvgIpc) is 2.91. The highest BCUT2D eigenvalue weighted by atomic mass is 35.5. The number of anilines is 1. The molecule has 0 spiro atoms. The van der Waals surface area contributed by atoms with Crippen molar-refractivity contribution in [3.63, 3.8) is 0 Å². The van der Waals surface area contributed by atoms with Gasteiger partial charge < -0.3 is 20.1 Å². The smallest absolute Gasteiger partial charge is 0.238 e. The maximum Gasteiger partial charge on any atom is 0.238 e. The predicted molar refractivity (Wildman–Crippen MR) is 78.5 cm³/mol. The van der Waals surface area contributed by atoms with Gasteiger partial charge in [-0.15, -0.1) is 0 Å². The molecule has 2 rings (SSSR count). The largest absolute Gasteiger partial charge is 0.489 e. The first kappa shape index (κ1) is 15.1. The van der Waals surface area contributed by atoms with Gasteiger partial charge >= 0.3 is 0 Å². The van der Waals surface area contributed by atoms with Gasteiger partial charge in [0, 0.05) is 11.6 Å². The van der Waals surface area contributed by atoms with E-state index >= 15 is 0 Å². The monoisotopic (exact) mass is 298 g/mol. The van der Waals surface area contributed by atoms with E-state index in [0.29, 0.717) is 23.1 Å². The normalized spacial score (nSPS) is 18.0. The van der Waals surface area contributed by atoms with Gasteiger partial charge in [0.25, 0.3) is 0 Å². The molecular formula is C14H19ClN2O3. The van der Waals surface area contributed by atoms with Crippen molar-refractivity contribution in [2.75, 3.05) is 32.1 Å². The number of ether oxygens (including phenoxy) is 2. The number of likely N-dealkylation sites (N-methyl/N-ethyl adjacent to an activating group) is 1. The lowest BCUT2D eigenvalue weighted by atomic mass is 10.2. The molecule has 1 amide bonds. The van der Waals surface area contributed by atoms with E-state index in [2.05, 4.69) is 10.6 Å². The Morgan fingerprint density at radius 2 is 2.40 bits per heavy atom. The third kappa shape index (κ3) is 4.37. The van der Waals surface area contributed by atoms with Crippen LogP contribution in [-0.2, 0) is 9.53 Å². The lowest BCUT2D eigenvalue weighted by Crippen LogP contribution is -2.25. The molecule has 1 fully saturated rings. The van der Waals surface area contributed by atoms with Gasteiger partial charge in [-0.1, -0.05) is 11.6 Å². The summed E-state index contributed by atoms with van der Waals surface area (Å²) in [6.07, 6.45) is 2.21. The maximum absolute atomic E-state index is 11.6. The van der Waals surface area contributed by atoms with Crippen LogP contribution < -0.4 is 15.4 Å². The fraction of sp³-hybridized carbons (Fsp3) is 0.500. The summed E-state index contributed by atoms with van der Waals surface area (Å²) in [5.74, 6) is 0.464. The van der Waals surface area contributed by atoms with Crippen molar-refractivity contribution < 1.29 is 14.3 Å². The van der Waals surface area contributed by atoms with Crippen LogP contribution in [0, 0.1) is 0 Å². The minimum absolute atomic E-state index is 0.131. The van der Waals surface area contributed by atoms with Crippen LogP contribution >= 0.6 is 11.6 Å².